The third-order valence-electron chi connectivity index (χ3n) is 5.85. The van der Waals surface area contributed by atoms with E-state index in [9.17, 15) is 13.2 Å². The van der Waals surface area contributed by atoms with Crippen LogP contribution in [0.15, 0.2) is 64.5 Å². The summed E-state index contributed by atoms with van der Waals surface area (Å²) in [5, 5.41) is -0.153. The molecule has 12 heteroatoms. The summed E-state index contributed by atoms with van der Waals surface area (Å²) in [6.07, 6.45) is 2.91. The van der Waals surface area contributed by atoms with Crippen LogP contribution in [-0.2, 0) is 28.9 Å². The SMILES string of the molecule is CCCOc1cc(OCCCOC)cc(Oc2cc3c(cc2NS(=O)(=O)c2ccccn2)n(C)c(=O)n3C)c1. The number of fused-ring (bicyclic) bond motifs is 1. The molecule has 0 radical (unpaired) electrons. The monoisotopic (exact) mass is 556 g/mol. The Morgan fingerprint density at radius 1 is 0.897 bits per heavy atom. The largest absolute Gasteiger partial charge is 0.493 e. The van der Waals surface area contributed by atoms with E-state index in [1.165, 1.54) is 21.4 Å². The van der Waals surface area contributed by atoms with E-state index in [0.717, 1.165) is 6.42 Å². The van der Waals surface area contributed by atoms with Crippen molar-refractivity contribution >= 4 is 26.7 Å². The molecule has 0 aliphatic carbocycles. The number of benzene rings is 2. The van der Waals surface area contributed by atoms with Crippen molar-refractivity contribution in [1.82, 2.24) is 14.1 Å². The number of imidazole rings is 1. The second-order valence-corrected chi connectivity index (χ2v) is 10.4. The molecule has 2 aromatic heterocycles. The van der Waals surface area contributed by atoms with Crippen molar-refractivity contribution in [2.24, 2.45) is 14.1 Å². The Balaban J connectivity index is 1.77. The highest BCUT2D eigenvalue weighted by molar-refractivity contribution is 7.92. The van der Waals surface area contributed by atoms with Crippen molar-refractivity contribution in [3.05, 3.63) is 65.2 Å². The van der Waals surface area contributed by atoms with Crippen LogP contribution in [-0.4, -0.2) is 49.5 Å². The van der Waals surface area contributed by atoms with Crippen molar-refractivity contribution in [2.45, 2.75) is 24.8 Å². The van der Waals surface area contributed by atoms with Gasteiger partial charge in [-0.05, 0) is 24.6 Å². The van der Waals surface area contributed by atoms with Gasteiger partial charge in [0, 0.05) is 64.7 Å². The molecule has 2 heterocycles. The molecule has 0 spiro atoms. The van der Waals surface area contributed by atoms with Crippen LogP contribution in [0.5, 0.6) is 23.0 Å². The lowest BCUT2D eigenvalue weighted by Crippen LogP contribution is -2.19. The number of hydrogen-bond acceptors (Lipinski definition) is 8. The van der Waals surface area contributed by atoms with Gasteiger partial charge in [0.25, 0.3) is 10.0 Å². The van der Waals surface area contributed by atoms with Gasteiger partial charge in [-0.2, -0.15) is 8.42 Å². The van der Waals surface area contributed by atoms with Gasteiger partial charge in [0.05, 0.1) is 29.9 Å². The zero-order valence-corrected chi connectivity index (χ0v) is 23.2. The number of aromatic nitrogens is 3. The molecule has 0 saturated carbocycles. The third kappa shape index (κ3) is 6.52. The molecular formula is C27H32N4O7S. The van der Waals surface area contributed by atoms with Gasteiger partial charge in [0.2, 0.25) is 0 Å². The van der Waals surface area contributed by atoms with Gasteiger partial charge >= 0.3 is 5.69 Å². The van der Waals surface area contributed by atoms with Gasteiger partial charge in [-0.25, -0.2) is 9.78 Å². The van der Waals surface area contributed by atoms with Crippen LogP contribution in [0.3, 0.4) is 0 Å². The molecule has 4 rings (SSSR count). The zero-order chi connectivity index (χ0) is 28.0. The van der Waals surface area contributed by atoms with E-state index in [-0.39, 0.29) is 22.2 Å². The first kappa shape index (κ1) is 28.0. The maximum Gasteiger partial charge on any atom is 0.328 e. The summed E-state index contributed by atoms with van der Waals surface area (Å²) >= 11 is 0. The summed E-state index contributed by atoms with van der Waals surface area (Å²) in [6, 6.07) is 12.9. The molecule has 2 aromatic carbocycles. The van der Waals surface area contributed by atoms with Crippen molar-refractivity contribution in [2.75, 3.05) is 31.7 Å². The highest BCUT2D eigenvalue weighted by Crippen LogP contribution is 2.37. The first-order chi connectivity index (χ1) is 18.7. The predicted octanol–water partition coefficient (Wildman–Crippen LogP) is 4.07. The summed E-state index contributed by atoms with van der Waals surface area (Å²) in [7, 11) is 0.825. The number of aryl methyl sites for hydroxylation is 2. The molecular weight excluding hydrogens is 524 g/mol. The molecule has 0 aliphatic heterocycles. The van der Waals surface area contributed by atoms with Crippen molar-refractivity contribution in [3.8, 4) is 23.0 Å². The van der Waals surface area contributed by atoms with E-state index in [1.807, 2.05) is 6.92 Å². The standard InChI is InChI=1S/C27H32N4O7S/c1-5-11-36-19-14-20(37-13-8-12-35-4)16-21(15-19)38-25-18-24-23(30(2)27(32)31(24)3)17-22(25)29-39(33,34)26-9-6-7-10-28-26/h6-7,9-10,14-18,29H,5,8,11-13H2,1-4H3. The number of rotatable bonds is 13. The Bertz CT molecular complexity index is 1600. The Kier molecular flexibility index (Phi) is 8.77. The molecule has 0 fully saturated rings. The van der Waals surface area contributed by atoms with Crippen LogP contribution in [0.2, 0.25) is 0 Å². The summed E-state index contributed by atoms with van der Waals surface area (Å²) in [4.78, 5) is 16.6. The molecule has 0 atom stereocenters. The van der Waals surface area contributed by atoms with Crippen molar-refractivity contribution in [3.63, 3.8) is 0 Å². The summed E-state index contributed by atoms with van der Waals surface area (Å²) in [6.45, 7) is 3.49. The second kappa shape index (κ2) is 12.2. The van der Waals surface area contributed by atoms with Gasteiger partial charge in [0.15, 0.2) is 10.8 Å². The predicted molar refractivity (Wildman–Crippen MR) is 147 cm³/mol. The highest BCUT2D eigenvalue weighted by atomic mass is 32.2. The van der Waals surface area contributed by atoms with E-state index < -0.39 is 10.0 Å². The average molecular weight is 557 g/mol. The molecule has 0 bridgehead atoms. The molecule has 0 unspecified atom stereocenters. The molecule has 11 nitrogen and oxygen atoms in total. The molecule has 0 amide bonds. The number of ether oxygens (including phenoxy) is 4. The number of hydrogen-bond donors (Lipinski definition) is 1. The number of nitrogens with zero attached hydrogens (tertiary/aromatic N) is 3. The number of methoxy groups -OCH3 is 1. The van der Waals surface area contributed by atoms with Crippen LogP contribution in [0.1, 0.15) is 19.8 Å². The van der Waals surface area contributed by atoms with E-state index in [1.54, 1.807) is 63.7 Å². The van der Waals surface area contributed by atoms with Crippen LogP contribution in [0.4, 0.5) is 5.69 Å². The van der Waals surface area contributed by atoms with Crippen molar-refractivity contribution in [1.29, 1.82) is 0 Å². The quantitative estimate of drug-likeness (QED) is 0.245. The first-order valence-electron chi connectivity index (χ1n) is 12.4. The molecule has 4 aromatic rings. The lowest BCUT2D eigenvalue weighted by atomic mass is 10.2. The van der Waals surface area contributed by atoms with Crippen molar-refractivity contribution < 1.29 is 27.4 Å². The van der Waals surface area contributed by atoms with E-state index in [2.05, 4.69) is 9.71 Å². The fourth-order valence-electron chi connectivity index (χ4n) is 3.90. The highest BCUT2D eigenvalue weighted by Gasteiger charge is 2.21. The Morgan fingerprint density at radius 3 is 2.21 bits per heavy atom. The normalized spacial score (nSPS) is 11.5. The minimum atomic E-state index is -4.06. The molecule has 39 heavy (non-hydrogen) atoms. The lowest BCUT2D eigenvalue weighted by Gasteiger charge is -2.16. The van der Waals surface area contributed by atoms with E-state index in [0.29, 0.717) is 54.5 Å². The molecule has 0 saturated heterocycles. The summed E-state index contributed by atoms with van der Waals surface area (Å²) in [5.74, 6) is 1.61. The van der Waals surface area contributed by atoms with Gasteiger partial charge in [-0.15, -0.1) is 0 Å². The van der Waals surface area contributed by atoms with Gasteiger partial charge < -0.3 is 18.9 Å². The van der Waals surface area contributed by atoms with Crippen LogP contribution < -0.4 is 24.6 Å². The average Bonchev–Trinajstić information content (AvgIpc) is 3.13. The molecule has 0 aliphatic rings. The zero-order valence-electron chi connectivity index (χ0n) is 22.3. The summed E-state index contributed by atoms with van der Waals surface area (Å²) < 4.78 is 54.8. The van der Waals surface area contributed by atoms with Gasteiger partial charge in [-0.3, -0.25) is 13.9 Å². The van der Waals surface area contributed by atoms with Crippen LogP contribution in [0.25, 0.3) is 11.0 Å². The number of nitrogens with one attached hydrogen (secondary N) is 1. The third-order valence-corrected chi connectivity index (χ3v) is 7.13. The Hall–Kier alpha value is -4.03. The van der Waals surface area contributed by atoms with Gasteiger partial charge in [-0.1, -0.05) is 13.0 Å². The number of sulfonamides is 1. The Labute approximate surface area is 227 Å². The van der Waals surface area contributed by atoms with Crippen LogP contribution >= 0.6 is 0 Å². The first-order valence-corrected chi connectivity index (χ1v) is 13.9. The molecule has 208 valence electrons. The number of pyridine rings is 1. The maximum atomic E-state index is 13.1. The van der Waals surface area contributed by atoms with Crippen LogP contribution in [0, 0.1) is 0 Å². The maximum absolute atomic E-state index is 13.1. The van der Waals surface area contributed by atoms with E-state index >= 15 is 0 Å². The minimum absolute atomic E-state index is 0.136. The second-order valence-electron chi connectivity index (χ2n) is 8.80. The van der Waals surface area contributed by atoms with Gasteiger partial charge in [0.1, 0.15) is 17.2 Å². The van der Waals surface area contributed by atoms with E-state index in [4.69, 9.17) is 18.9 Å². The molecule has 1 N–H and O–H groups in total. The minimum Gasteiger partial charge on any atom is -0.493 e. The lowest BCUT2D eigenvalue weighted by molar-refractivity contribution is 0.172. The number of anilines is 1. The fourth-order valence-corrected chi connectivity index (χ4v) is 4.92. The Morgan fingerprint density at radius 2 is 1.56 bits per heavy atom. The smallest absolute Gasteiger partial charge is 0.328 e. The fraction of sp³-hybridized carbons (Fsp3) is 0.333. The summed E-state index contributed by atoms with van der Waals surface area (Å²) in [5.41, 5.74) is 0.961. The topological polar surface area (TPSA) is 123 Å².